The van der Waals surface area contributed by atoms with E-state index in [9.17, 15) is 4.79 Å². The topological polar surface area (TPSA) is 38.1 Å². The molecule has 182 valence electrons. The van der Waals surface area contributed by atoms with Gasteiger partial charge < -0.3 is 9.47 Å². The Bertz CT molecular complexity index is 1070. The van der Waals surface area contributed by atoms with Crippen LogP contribution in [0.5, 0.6) is 0 Å². The van der Waals surface area contributed by atoms with Gasteiger partial charge in [-0.1, -0.05) is 95.0 Å². The maximum absolute atomic E-state index is 13.0. The van der Waals surface area contributed by atoms with Gasteiger partial charge in [0.15, 0.2) is 0 Å². The number of benzene rings is 2. The average Bonchev–Trinajstić information content (AvgIpc) is 3.41. The third-order valence-electron chi connectivity index (χ3n) is 7.32. The molecule has 1 atom stereocenters. The lowest BCUT2D eigenvalue weighted by Gasteiger charge is -2.19. The number of imidazole rings is 1. The lowest BCUT2D eigenvalue weighted by molar-refractivity contribution is -0.117. The Morgan fingerprint density at radius 2 is 1.50 bits per heavy atom. The van der Waals surface area contributed by atoms with Crippen molar-refractivity contribution in [3.63, 3.8) is 0 Å². The highest BCUT2D eigenvalue weighted by atomic mass is 16.2. The third kappa shape index (κ3) is 5.89. The molecule has 0 N–H and O–H groups in total. The number of nitrogens with zero attached hydrogens (tertiary/aromatic N) is 3. The second kappa shape index (κ2) is 12.2. The van der Waals surface area contributed by atoms with E-state index >= 15 is 0 Å². The van der Waals surface area contributed by atoms with Crippen LogP contribution in [0.25, 0.3) is 11.0 Å². The van der Waals surface area contributed by atoms with Crippen molar-refractivity contribution in [2.75, 3.05) is 11.4 Å². The Morgan fingerprint density at radius 1 is 0.853 bits per heavy atom. The minimum atomic E-state index is 0.141. The number of amides is 1. The van der Waals surface area contributed by atoms with Crippen LogP contribution in [-0.2, 0) is 11.3 Å². The van der Waals surface area contributed by atoms with Gasteiger partial charge >= 0.3 is 0 Å². The third-order valence-corrected chi connectivity index (χ3v) is 7.32. The molecule has 2 heterocycles. The minimum Gasteiger partial charge on any atom is -0.328 e. The van der Waals surface area contributed by atoms with Crippen LogP contribution < -0.4 is 4.90 Å². The molecule has 34 heavy (non-hydrogen) atoms. The Hall–Kier alpha value is -2.62. The van der Waals surface area contributed by atoms with E-state index in [-0.39, 0.29) is 11.8 Å². The Morgan fingerprint density at radius 3 is 2.24 bits per heavy atom. The van der Waals surface area contributed by atoms with Crippen molar-refractivity contribution in [2.45, 2.75) is 96.9 Å². The smallest absolute Gasteiger partial charge is 0.227 e. The molecule has 0 saturated carbocycles. The van der Waals surface area contributed by atoms with Gasteiger partial charge in [-0.3, -0.25) is 4.79 Å². The summed E-state index contributed by atoms with van der Waals surface area (Å²) in [6.07, 6.45) is 13.9. The number of anilines is 1. The van der Waals surface area contributed by atoms with Crippen LogP contribution in [0.4, 0.5) is 5.69 Å². The zero-order chi connectivity index (χ0) is 23.8. The van der Waals surface area contributed by atoms with Crippen LogP contribution in [0.15, 0.2) is 48.5 Å². The Balaban J connectivity index is 1.37. The van der Waals surface area contributed by atoms with E-state index in [2.05, 4.69) is 54.8 Å². The highest BCUT2D eigenvalue weighted by Gasteiger charge is 2.35. The van der Waals surface area contributed by atoms with Crippen LogP contribution in [0.3, 0.4) is 0 Å². The summed E-state index contributed by atoms with van der Waals surface area (Å²) in [5.41, 5.74) is 4.43. The molecule has 0 spiro atoms. The second-order valence-electron chi connectivity index (χ2n) is 9.98. The van der Waals surface area contributed by atoms with E-state index in [1.807, 2.05) is 17.0 Å². The van der Waals surface area contributed by atoms with Crippen LogP contribution in [0.2, 0.25) is 0 Å². The first-order chi connectivity index (χ1) is 16.7. The summed E-state index contributed by atoms with van der Waals surface area (Å²) in [7, 11) is 0. The fourth-order valence-electron chi connectivity index (χ4n) is 5.38. The molecule has 4 rings (SSSR count). The average molecular weight is 460 g/mol. The molecule has 3 aromatic rings. The van der Waals surface area contributed by atoms with Gasteiger partial charge in [0.1, 0.15) is 5.82 Å². The first-order valence-corrected chi connectivity index (χ1v) is 13.5. The zero-order valence-electron chi connectivity index (χ0n) is 21.1. The predicted molar refractivity (Wildman–Crippen MR) is 142 cm³/mol. The van der Waals surface area contributed by atoms with E-state index in [1.165, 1.54) is 69.7 Å². The molecule has 0 radical (unpaired) electrons. The number of unbranched alkanes of at least 4 members (excludes halogenated alkanes) is 9. The molecule has 1 saturated heterocycles. The first kappa shape index (κ1) is 24.5. The van der Waals surface area contributed by atoms with Crippen LogP contribution in [0.1, 0.15) is 94.9 Å². The zero-order valence-corrected chi connectivity index (χ0v) is 21.1. The van der Waals surface area contributed by atoms with Gasteiger partial charge in [0.05, 0.1) is 11.0 Å². The van der Waals surface area contributed by atoms with E-state index in [1.54, 1.807) is 0 Å². The maximum Gasteiger partial charge on any atom is 0.227 e. The van der Waals surface area contributed by atoms with Crippen molar-refractivity contribution >= 4 is 22.6 Å². The minimum absolute atomic E-state index is 0.141. The van der Waals surface area contributed by atoms with Crippen molar-refractivity contribution in [2.24, 2.45) is 0 Å². The van der Waals surface area contributed by atoms with Gasteiger partial charge in [0.2, 0.25) is 5.91 Å². The normalized spacial score (nSPS) is 16.1. The molecule has 1 aliphatic rings. The van der Waals surface area contributed by atoms with E-state index in [0.717, 1.165) is 29.1 Å². The predicted octanol–water partition coefficient (Wildman–Crippen LogP) is 7.79. The van der Waals surface area contributed by atoms with Gasteiger partial charge in [-0.25, -0.2) is 4.98 Å². The fraction of sp³-hybridized carbons (Fsp3) is 0.533. The number of carbonyl (C=O) groups excluding carboxylic acids is 1. The molecular weight excluding hydrogens is 418 g/mol. The Labute approximate surface area is 205 Å². The molecule has 4 nitrogen and oxygen atoms in total. The number of hydrogen-bond acceptors (Lipinski definition) is 2. The van der Waals surface area contributed by atoms with Crippen LogP contribution in [0, 0.1) is 6.92 Å². The molecule has 1 aliphatic heterocycles. The molecule has 2 aromatic carbocycles. The molecular formula is C30H41N3O. The number of para-hydroxylation sites is 3. The van der Waals surface area contributed by atoms with Gasteiger partial charge in [-0.2, -0.15) is 0 Å². The number of fused-ring (bicyclic) bond motifs is 1. The molecule has 0 aliphatic carbocycles. The van der Waals surface area contributed by atoms with Crippen molar-refractivity contribution in [3.05, 3.63) is 59.9 Å². The molecule has 1 fully saturated rings. The van der Waals surface area contributed by atoms with E-state index in [4.69, 9.17) is 4.98 Å². The van der Waals surface area contributed by atoms with Crippen molar-refractivity contribution in [1.29, 1.82) is 0 Å². The first-order valence-electron chi connectivity index (χ1n) is 13.5. The van der Waals surface area contributed by atoms with Crippen LogP contribution in [-0.4, -0.2) is 22.0 Å². The fourth-order valence-corrected chi connectivity index (χ4v) is 5.38. The maximum atomic E-state index is 13.0. The summed E-state index contributed by atoms with van der Waals surface area (Å²) < 4.78 is 2.40. The van der Waals surface area contributed by atoms with Gasteiger partial charge in [0, 0.05) is 31.1 Å². The number of aryl methyl sites for hydroxylation is 2. The summed E-state index contributed by atoms with van der Waals surface area (Å²) in [5, 5.41) is 0. The molecule has 0 bridgehead atoms. The summed E-state index contributed by atoms with van der Waals surface area (Å²) in [6, 6.07) is 16.6. The summed E-state index contributed by atoms with van der Waals surface area (Å²) in [4.78, 5) is 20.0. The van der Waals surface area contributed by atoms with E-state index in [0.29, 0.717) is 13.0 Å². The summed E-state index contributed by atoms with van der Waals surface area (Å²) in [5.74, 6) is 1.43. The van der Waals surface area contributed by atoms with Crippen molar-refractivity contribution < 1.29 is 4.79 Å². The van der Waals surface area contributed by atoms with Gasteiger partial charge in [-0.15, -0.1) is 0 Å². The SMILES string of the molecule is CCCCCCCCCCCCn1c([C@@H]2CC(=O)N(c3ccccc3C)C2)nc2ccccc21. The number of hydrogen-bond donors (Lipinski definition) is 0. The molecule has 1 amide bonds. The largest absolute Gasteiger partial charge is 0.328 e. The molecule has 0 unspecified atom stereocenters. The Kier molecular flexibility index (Phi) is 8.79. The number of aromatic nitrogens is 2. The highest BCUT2D eigenvalue weighted by molar-refractivity contribution is 5.97. The quantitative estimate of drug-likeness (QED) is 0.245. The number of carbonyl (C=O) groups is 1. The summed E-state index contributed by atoms with van der Waals surface area (Å²) in [6.45, 7) is 6.06. The molecule has 4 heteroatoms. The van der Waals surface area contributed by atoms with Gasteiger partial charge in [0.25, 0.3) is 0 Å². The highest BCUT2D eigenvalue weighted by Crippen LogP contribution is 2.34. The van der Waals surface area contributed by atoms with E-state index < -0.39 is 0 Å². The van der Waals surface area contributed by atoms with Crippen molar-refractivity contribution in [3.8, 4) is 0 Å². The van der Waals surface area contributed by atoms with Crippen molar-refractivity contribution in [1.82, 2.24) is 9.55 Å². The van der Waals surface area contributed by atoms with Gasteiger partial charge in [-0.05, 0) is 37.1 Å². The summed E-state index contributed by atoms with van der Waals surface area (Å²) >= 11 is 0. The lowest BCUT2D eigenvalue weighted by Crippen LogP contribution is -2.25. The molecule has 1 aromatic heterocycles. The second-order valence-corrected chi connectivity index (χ2v) is 9.98. The number of rotatable bonds is 13. The monoisotopic (exact) mass is 459 g/mol. The standard InChI is InChI=1S/C30H41N3O/c1-3-4-5-6-7-8-9-10-11-16-21-32-28-20-15-13-18-26(28)31-30(32)25-22-29(34)33(23-25)27-19-14-12-17-24(27)2/h12-15,17-20,25H,3-11,16,21-23H2,1-2H3/t25-/m1/s1. The lowest BCUT2D eigenvalue weighted by atomic mass is 10.1. The van der Waals surface area contributed by atoms with Crippen LogP contribution >= 0.6 is 0 Å².